The summed E-state index contributed by atoms with van der Waals surface area (Å²) in [7, 11) is 0. The van der Waals surface area contributed by atoms with E-state index in [1.807, 2.05) is 42.5 Å². The number of fused-ring (bicyclic) bond motifs is 4. The number of carbonyl (C=O) groups excluding carboxylic acids is 1. The van der Waals surface area contributed by atoms with Crippen molar-refractivity contribution in [2.45, 2.75) is 43.9 Å². The van der Waals surface area contributed by atoms with Gasteiger partial charge in [-0.2, -0.15) is 13.2 Å². The number of nitrogens with zero attached hydrogens (tertiary/aromatic N) is 1. The summed E-state index contributed by atoms with van der Waals surface area (Å²) < 4.78 is 46.2. The van der Waals surface area contributed by atoms with Gasteiger partial charge in [-0.05, 0) is 59.3 Å². The first kappa shape index (κ1) is 18.7. The Balaban J connectivity index is 1.62. The van der Waals surface area contributed by atoms with E-state index in [1.165, 1.54) is 0 Å². The van der Waals surface area contributed by atoms with Crippen LogP contribution in [-0.2, 0) is 4.79 Å². The largest absolute Gasteiger partial charge is 0.471 e. The van der Waals surface area contributed by atoms with Crippen LogP contribution in [0, 0.1) is 0 Å². The van der Waals surface area contributed by atoms with Crippen molar-refractivity contribution in [3.8, 4) is 11.5 Å². The predicted octanol–water partition coefficient (Wildman–Crippen LogP) is 6.07. The number of carbonyl (C=O) groups is 1. The number of amides is 1. The van der Waals surface area contributed by atoms with E-state index < -0.39 is 24.2 Å². The highest BCUT2D eigenvalue weighted by atomic mass is 79.9. The van der Waals surface area contributed by atoms with Gasteiger partial charge in [0.15, 0.2) is 0 Å². The van der Waals surface area contributed by atoms with Crippen LogP contribution in [0.3, 0.4) is 0 Å². The highest BCUT2D eigenvalue weighted by Gasteiger charge is 2.51. The van der Waals surface area contributed by atoms with E-state index in [1.54, 1.807) is 0 Å². The lowest BCUT2D eigenvalue weighted by atomic mass is 9.84. The molecule has 2 atom stereocenters. The molecule has 3 aliphatic rings. The summed E-state index contributed by atoms with van der Waals surface area (Å²) in [6.45, 7) is 0. The molecule has 3 aliphatic heterocycles. The molecule has 2 saturated heterocycles. The maximum absolute atomic E-state index is 13.1. The van der Waals surface area contributed by atoms with Crippen LogP contribution >= 0.6 is 15.9 Å². The molecule has 0 aliphatic carbocycles. The van der Waals surface area contributed by atoms with Crippen LogP contribution in [0.2, 0.25) is 0 Å². The summed E-state index contributed by atoms with van der Waals surface area (Å²) in [5.41, 5.74) is 4.00. The normalized spacial score (nSPS) is 25.3. The minimum Gasteiger partial charge on any atom is -0.455 e. The first-order chi connectivity index (χ1) is 13.8. The van der Waals surface area contributed by atoms with Crippen LogP contribution in [0.5, 0.6) is 11.5 Å². The zero-order valence-corrected chi connectivity index (χ0v) is 16.9. The summed E-state index contributed by atoms with van der Waals surface area (Å²) in [5.74, 6) is -0.255. The molecule has 1 amide bonds. The Morgan fingerprint density at radius 1 is 1.00 bits per heavy atom. The quantitative estimate of drug-likeness (QED) is 0.404. The molecule has 0 unspecified atom stereocenters. The molecule has 0 radical (unpaired) electrons. The van der Waals surface area contributed by atoms with Crippen molar-refractivity contribution in [1.82, 2.24) is 4.90 Å². The van der Waals surface area contributed by atoms with Crippen LogP contribution in [0.1, 0.15) is 36.8 Å². The summed E-state index contributed by atoms with van der Waals surface area (Å²) in [6.07, 6.45) is -2.71. The van der Waals surface area contributed by atoms with Gasteiger partial charge in [0.05, 0.1) is 4.47 Å². The van der Waals surface area contributed by atoms with Crippen molar-refractivity contribution >= 4 is 27.4 Å². The number of ether oxygens (including phenoxy) is 1. The molecule has 7 heteroatoms. The van der Waals surface area contributed by atoms with E-state index in [0.717, 1.165) is 43.1 Å². The highest BCUT2D eigenvalue weighted by Crippen LogP contribution is 2.51. The monoisotopic (exact) mass is 463 g/mol. The van der Waals surface area contributed by atoms with Crippen molar-refractivity contribution in [2.75, 3.05) is 0 Å². The Morgan fingerprint density at radius 3 is 2.34 bits per heavy atom. The predicted molar refractivity (Wildman–Crippen MR) is 106 cm³/mol. The van der Waals surface area contributed by atoms with Crippen molar-refractivity contribution in [3.63, 3.8) is 0 Å². The van der Waals surface area contributed by atoms with Gasteiger partial charge in [-0.25, -0.2) is 0 Å². The fourth-order valence-electron chi connectivity index (χ4n) is 4.90. The van der Waals surface area contributed by atoms with Gasteiger partial charge in [0.2, 0.25) is 0 Å². The molecule has 0 spiro atoms. The maximum Gasteiger partial charge on any atom is 0.471 e. The third kappa shape index (κ3) is 2.98. The Hall–Kier alpha value is -2.28. The molecule has 0 aromatic heterocycles. The van der Waals surface area contributed by atoms with E-state index in [4.69, 9.17) is 4.74 Å². The second-order valence-electron chi connectivity index (χ2n) is 7.70. The van der Waals surface area contributed by atoms with Crippen molar-refractivity contribution in [1.29, 1.82) is 0 Å². The van der Waals surface area contributed by atoms with E-state index in [2.05, 4.69) is 15.9 Å². The molecule has 2 aromatic rings. The second-order valence-corrected chi connectivity index (χ2v) is 8.55. The lowest BCUT2D eigenvalue weighted by Crippen LogP contribution is -2.50. The Bertz CT molecular complexity index is 1030. The van der Waals surface area contributed by atoms with Crippen LogP contribution in [0.4, 0.5) is 13.2 Å². The zero-order valence-electron chi connectivity index (χ0n) is 15.3. The zero-order chi connectivity index (χ0) is 20.3. The highest BCUT2D eigenvalue weighted by molar-refractivity contribution is 9.10. The summed E-state index contributed by atoms with van der Waals surface area (Å²) in [6, 6.07) is 12.7. The molecule has 5 rings (SSSR count). The molecule has 3 heterocycles. The minimum absolute atomic E-state index is 0.406. The van der Waals surface area contributed by atoms with Gasteiger partial charge in [0.25, 0.3) is 0 Å². The Labute approximate surface area is 174 Å². The Kier molecular flexibility index (Phi) is 4.28. The van der Waals surface area contributed by atoms with Gasteiger partial charge >= 0.3 is 12.1 Å². The van der Waals surface area contributed by atoms with Gasteiger partial charge in [-0.15, -0.1) is 0 Å². The third-order valence-corrected chi connectivity index (χ3v) is 6.64. The van der Waals surface area contributed by atoms with Gasteiger partial charge < -0.3 is 9.64 Å². The molecule has 0 saturated carbocycles. The summed E-state index contributed by atoms with van der Waals surface area (Å²) in [5, 5.41) is 0. The number of alkyl halides is 3. The summed E-state index contributed by atoms with van der Waals surface area (Å²) >= 11 is 3.55. The van der Waals surface area contributed by atoms with Crippen LogP contribution in [0.25, 0.3) is 5.57 Å². The first-order valence-corrected chi connectivity index (χ1v) is 10.3. The van der Waals surface area contributed by atoms with E-state index >= 15 is 0 Å². The van der Waals surface area contributed by atoms with Crippen LogP contribution in [-0.4, -0.2) is 29.1 Å². The second kappa shape index (κ2) is 6.62. The van der Waals surface area contributed by atoms with Crippen LogP contribution in [0.15, 0.2) is 52.5 Å². The molecular formula is C22H17BrF3NO2. The number of rotatable bonds is 0. The third-order valence-electron chi connectivity index (χ3n) is 6.02. The van der Waals surface area contributed by atoms with Gasteiger partial charge in [0, 0.05) is 23.2 Å². The molecule has 3 nitrogen and oxygen atoms in total. The average molecular weight is 464 g/mol. The lowest BCUT2D eigenvalue weighted by Gasteiger charge is -2.38. The first-order valence-electron chi connectivity index (χ1n) is 9.52. The fraction of sp³-hybridized carbons (Fsp3) is 0.318. The number of piperidine rings is 1. The maximum atomic E-state index is 13.1. The van der Waals surface area contributed by atoms with E-state index in [9.17, 15) is 18.0 Å². The van der Waals surface area contributed by atoms with Crippen molar-refractivity contribution in [3.05, 3.63) is 63.6 Å². The molecule has 2 aromatic carbocycles. The number of para-hydroxylation sites is 2. The number of halogens is 4. The number of benzene rings is 2. The van der Waals surface area contributed by atoms with Gasteiger partial charge in [-0.3, -0.25) is 4.79 Å². The molecule has 150 valence electrons. The van der Waals surface area contributed by atoms with Gasteiger partial charge in [0.1, 0.15) is 11.5 Å². The van der Waals surface area contributed by atoms with E-state index in [-0.39, 0.29) is 0 Å². The SMILES string of the molecule is O=C(N1[C@@H]2CC[C@H]1CC(=C1c3ccccc3Oc3c(Br)cccc31)C2)C(F)(F)F. The topological polar surface area (TPSA) is 29.5 Å². The minimum atomic E-state index is -4.83. The smallest absolute Gasteiger partial charge is 0.455 e. The number of hydrogen-bond acceptors (Lipinski definition) is 2. The van der Waals surface area contributed by atoms with Crippen molar-refractivity contribution < 1.29 is 22.7 Å². The molecular weight excluding hydrogens is 447 g/mol. The standard InChI is InChI=1S/C22H17BrF3NO2/c23-17-6-3-5-16-19(15-4-1-2-7-18(15)29-20(16)17)12-10-13-8-9-14(11-12)27(13)21(28)22(24,25)26/h1-7,13-14H,8-11H2/t13-,14+. The molecule has 0 N–H and O–H groups in total. The molecule has 2 bridgehead atoms. The molecule has 29 heavy (non-hydrogen) atoms. The van der Waals surface area contributed by atoms with E-state index in [0.29, 0.717) is 25.7 Å². The fourth-order valence-corrected chi connectivity index (χ4v) is 5.35. The summed E-state index contributed by atoms with van der Waals surface area (Å²) in [4.78, 5) is 13.0. The average Bonchev–Trinajstić information content (AvgIpc) is 2.94. The number of hydrogen-bond donors (Lipinski definition) is 0. The molecule has 2 fully saturated rings. The van der Waals surface area contributed by atoms with Crippen LogP contribution < -0.4 is 4.74 Å². The van der Waals surface area contributed by atoms with Gasteiger partial charge in [-0.1, -0.05) is 35.9 Å². The van der Waals surface area contributed by atoms with Crippen molar-refractivity contribution in [2.24, 2.45) is 0 Å². The Morgan fingerprint density at radius 2 is 1.66 bits per heavy atom. The lowest BCUT2D eigenvalue weighted by molar-refractivity contribution is -0.189.